The Hall–Kier alpha value is -3.54. The van der Waals surface area contributed by atoms with Gasteiger partial charge in [0.2, 0.25) is 5.95 Å². The highest BCUT2D eigenvalue weighted by molar-refractivity contribution is 5.81. The van der Waals surface area contributed by atoms with Crippen LogP contribution in [0.2, 0.25) is 0 Å². The molecule has 6 heteroatoms. The number of halogens is 1. The zero-order chi connectivity index (χ0) is 18.9. The minimum Gasteiger partial charge on any atom is -0.352 e. The van der Waals surface area contributed by atoms with Crippen molar-refractivity contribution in [2.24, 2.45) is 0 Å². The summed E-state index contributed by atoms with van der Waals surface area (Å²) >= 11 is 0. The van der Waals surface area contributed by atoms with E-state index < -0.39 is 5.95 Å². The lowest BCUT2D eigenvalue weighted by Crippen LogP contribution is -2.29. The van der Waals surface area contributed by atoms with Crippen molar-refractivity contribution in [3.63, 3.8) is 0 Å². The lowest BCUT2D eigenvalue weighted by atomic mass is 9.98. The topological polar surface area (TPSA) is 46.3 Å². The maximum absolute atomic E-state index is 13.2. The maximum Gasteiger partial charge on any atom is 0.212 e. The van der Waals surface area contributed by atoms with Gasteiger partial charge in [-0.1, -0.05) is 12.1 Å². The fourth-order valence-corrected chi connectivity index (χ4v) is 3.74. The number of nitrogens with zero attached hydrogens (tertiary/aromatic N) is 5. The third-order valence-corrected chi connectivity index (χ3v) is 5.13. The molecule has 28 heavy (non-hydrogen) atoms. The lowest BCUT2D eigenvalue weighted by molar-refractivity contribution is 0.584. The maximum atomic E-state index is 13.2. The van der Waals surface area contributed by atoms with Crippen LogP contribution in [0, 0.1) is 5.95 Å². The van der Waals surface area contributed by atoms with Crippen LogP contribution in [0.1, 0.15) is 12.0 Å². The van der Waals surface area contributed by atoms with Gasteiger partial charge >= 0.3 is 0 Å². The third kappa shape index (κ3) is 2.93. The number of rotatable bonds is 3. The highest BCUT2D eigenvalue weighted by Gasteiger charge is 2.19. The molecule has 0 N–H and O–H groups in total. The first-order valence-electron chi connectivity index (χ1n) is 9.21. The van der Waals surface area contributed by atoms with E-state index in [-0.39, 0.29) is 0 Å². The van der Waals surface area contributed by atoms with Crippen molar-refractivity contribution in [1.82, 2.24) is 19.4 Å². The number of pyridine rings is 3. The molecule has 0 unspecified atom stereocenters. The van der Waals surface area contributed by atoms with Crippen LogP contribution in [0.5, 0.6) is 0 Å². The molecule has 0 bridgehead atoms. The molecule has 138 valence electrons. The van der Waals surface area contributed by atoms with E-state index in [1.807, 2.05) is 35.3 Å². The SMILES string of the molecule is Fc1ccc(-c2cccnc2N2CC=C(c3cccn4cncc34)CC2)cn1. The minimum atomic E-state index is -0.478. The zero-order valence-corrected chi connectivity index (χ0v) is 15.2. The van der Waals surface area contributed by atoms with Crippen LogP contribution in [0.4, 0.5) is 10.2 Å². The van der Waals surface area contributed by atoms with Gasteiger partial charge in [-0.2, -0.15) is 4.39 Å². The van der Waals surface area contributed by atoms with Crippen molar-refractivity contribution in [3.05, 3.63) is 85.1 Å². The van der Waals surface area contributed by atoms with Gasteiger partial charge in [0, 0.05) is 48.4 Å². The predicted octanol–water partition coefficient (Wildman–Crippen LogP) is 4.22. The molecule has 0 saturated carbocycles. The van der Waals surface area contributed by atoms with Crippen molar-refractivity contribution in [1.29, 1.82) is 0 Å². The summed E-state index contributed by atoms with van der Waals surface area (Å²) in [6.45, 7) is 1.63. The van der Waals surface area contributed by atoms with E-state index >= 15 is 0 Å². The lowest BCUT2D eigenvalue weighted by Gasteiger charge is -2.29. The molecule has 0 spiro atoms. The molecule has 1 aliphatic heterocycles. The van der Waals surface area contributed by atoms with Crippen molar-refractivity contribution < 1.29 is 4.39 Å². The van der Waals surface area contributed by atoms with E-state index in [1.165, 1.54) is 17.2 Å². The Balaban J connectivity index is 1.46. The highest BCUT2D eigenvalue weighted by Crippen LogP contribution is 2.32. The van der Waals surface area contributed by atoms with Gasteiger partial charge in [-0.25, -0.2) is 15.0 Å². The van der Waals surface area contributed by atoms with Gasteiger partial charge in [0.1, 0.15) is 5.82 Å². The second-order valence-electron chi connectivity index (χ2n) is 6.78. The average molecular weight is 371 g/mol. The molecule has 0 atom stereocenters. The molecule has 5 nitrogen and oxygen atoms in total. The van der Waals surface area contributed by atoms with Crippen LogP contribution in [0.15, 0.2) is 73.6 Å². The smallest absolute Gasteiger partial charge is 0.212 e. The third-order valence-electron chi connectivity index (χ3n) is 5.13. The molecule has 0 radical (unpaired) electrons. The number of anilines is 1. The van der Waals surface area contributed by atoms with Gasteiger partial charge in [0.15, 0.2) is 0 Å². The second-order valence-corrected chi connectivity index (χ2v) is 6.78. The van der Waals surface area contributed by atoms with Crippen molar-refractivity contribution in [3.8, 4) is 11.1 Å². The minimum absolute atomic E-state index is 0.478. The first kappa shape index (κ1) is 16.6. The molecule has 0 aliphatic carbocycles. The number of hydrogen-bond donors (Lipinski definition) is 0. The van der Waals surface area contributed by atoms with Gasteiger partial charge < -0.3 is 9.30 Å². The summed E-state index contributed by atoms with van der Waals surface area (Å²) in [5, 5.41) is 0. The van der Waals surface area contributed by atoms with Gasteiger partial charge in [0.05, 0.1) is 18.0 Å². The Morgan fingerprint density at radius 1 is 0.964 bits per heavy atom. The molecule has 4 aromatic rings. The van der Waals surface area contributed by atoms with Gasteiger partial charge in [-0.3, -0.25) is 0 Å². The Bertz CT molecular complexity index is 1160. The monoisotopic (exact) mass is 371 g/mol. The summed E-state index contributed by atoms with van der Waals surface area (Å²) in [7, 11) is 0. The van der Waals surface area contributed by atoms with Crippen molar-refractivity contribution in [2.45, 2.75) is 6.42 Å². The standard InChI is InChI=1S/C22H18FN5/c23-21-6-5-17(13-26-21)19-3-1-9-25-22(19)27-11-7-16(8-12-27)18-4-2-10-28-15-24-14-20(18)28/h1-7,9-10,13-15H,8,11-12H2. The second kappa shape index (κ2) is 6.88. The summed E-state index contributed by atoms with van der Waals surface area (Å²) in [6, 6.07) is 11.2. The van der Waals surface area contributed by atoms with Crippen LogP contribution in [0.25, 0.3) is 22.2 Å². The van der Waals surface area contributed by atoms with E-state index in [0.29, 0.717) is 0 Å². The zero-order valence-electron chi connectivity index (χ0n) is 15.2. The number of hydrogen-bond acceptors (Lipinski definition) is 4. The Labute approximate surface area is 161 Å². The first-order valence-corrected chi connectivity index (χ1v) is 9.21. The number of aromatic nitrogens is 4. The van der Waals surface area contributed by atoms with Crippen molar-refractivity contribution in [2.75, 3.05) is 18.0 Å². The van der Waals surface area contributed by atoms with Crippen molar-refractivity contribution >= 4 is 16.9 Å². The van der Waals surface area contributed by atoms with Crippen LogP contribution < -0.4 is 4.90 Å². The molecule has 0 saturated heterocycles. The fourth-order valence-electron chi connectivity index (χ4n) is 3.74. The molecule has 5 heterocycles. The van der Waals surface area contributed by atoms with Crippen LogP contribution in [0.3, 0.4) is 0 Å². The van der Waals surface area contributed by atoms with Gasteiger partial charge in [-0.15, -0.1) is 0 Å². The highest BCUT2D eigenvalue weighted by atomic mass is 19.1. The fraction of sp³-hybridized carbons (Fsp3) is 0.136. The van der Waals surface area contributed by atoms with Crippen LogP contribution in [-0.2, 0) is 0 Å². The van der Waals surface area contributed by atoms with E-state index in [4.69, 9.17) is 0 Å². The molecular formula is C22H18FN5. The quantitative estimate of drug-likeness (QED) is 0.506. The summed E-state index contributed by atoms with van der Waals surface area (Å²) in [5.74, 6) is 0.419. The Morgan fingerprint density at radius 2 is 1.89 bits per heavy atom. The number of imidazole rings is 1. The van der Waals surface area contributed by atoms with Gasteiger partial charge in [0.25, 0.3) is 0 Å². The summed E-state index contributed by atoms with van der Waals surface area (Å²) in [4.78, 5) is 14.9. The molecule has 0 fully saturated rings. The number of fused-ring (bicyclic) bond motifs is 1. The largest absolute Gasteiger partial charge is 0.352 e. The Morgan fingerprint density at radius 3 is 2.71 bits per heavy atom. The van der Waals surface area contributed by atoms with E-state index in [0.717, 1.165) is 42.0 Å². The Kier molecular flexibility index (Phi) is 4.09. The van der Waals surface area contributed by atoms with Crippen LogP contribution >= 0.6 is 0 Å². The van der Waals surface area contributed by atoms with Crippen LogP contribution in [-0.4, -0.2) is 32.4 Å². The molecule has 4 aromatic heterocycles. The molecule has 0 amide bonds. The van der Waals surface area contributed by atoms with Gasteiger partial charge in [-0.05, 0) is 42.3 Å². The predicted molar refractivity (Wildman–Crippen MR) is 107 cm³/mol. The first-order chi connectivity index (χ1) is 13.8. The normalized spacial score (nSPS) is 14.3. The van der Waals surface area contributed by atoms with E-state index in [9.17, 15) is 4.39 Å². The molecular weight excluding hydrogens is 353 g/mol. The molecule has 5 rings (SSSR count). The van der Waals surface area contributed by atoms with E-state index in [2.05, 4.69) is 38.1 Å². The summed E-state index contributed by atoms with van der Waals surface area (Å²) < 4.78 is 15.2. The average Bonchev–Trinajstić information content (AvgIpc) is 3.24. The van der Waals surface area contributed by atoms with E-state index in [1.54, 1.807) is 18.5 Å². The molecule has 0 aromatic carbocycles. The summed E-state index contributed by atoms with van der Waals surface area (Å²) in [6.07, 6.45) is 12.3. The summed E-state index contributed by atoms with van der Waals surface area (Å²) in [5.41, 5.74) is 5.50. The molecule has 1 aliphatic rings.